The molecule has 4 heteroatoms. The lowest BCUT2D eigenvalue weighted by Gasteiger charge is -2.43. The first-order chi connectivity index (χ1) is 6.85. The third-order valence-corrected chi connectivity index (χ3v) is 3.31. The van der Waals surface area contributed by atoms with E-state index in [0.29, 0.717) is 17.5 Å². The van der Waals surface area contributed by atoms with E-state index in [-0.39, 0.29) is 0 Å². The number of oxime groups is 1. The van der Waals surface area contributed by atoms with E-state index in [1.807, 2.05) is 0 Å². The maximum absolute atomic E-state index is 8.96. The van der Waals surface area contributed by atoms with E-state index in [1.165, 1.54) is 33.0 Å². The molecule has 14 heavy (non-hydrogen) atoms. The summed E-state index contributed by atoms with van der Waals surface area (Å²) in [6.07, 6.45) is 2.41. The van der Waals surface area contributed by atoms with Gasteiger partial charge in [0, 0.05) is 12.5 Å². The minimum atomic E-state index is 0.308. The number of nitriles is 1. The predicted molar refractivity (Wildman–Crippen MR) is 52.7 cm³/mol. The zero-order valence-corrected chi connectivity index (χ0v) is 8.44. The van der Waals surface area contributed by atoms with Crippen LogP contribution in [0, 0.1) is 23.2 Å². The molecule has 1 atom stereocenters. The molecule has 3 rings (SSSR count). The largest absolute Gasteiger partial charge is 0.398 e. The van der Waals surface area contributed by atoms with Gasteiger partial charge >= 0.3 is 0 Å². The van der Waals surface area contributed by atoms with E-state index in [1.54, 1.807) is 0 Å². The normalized spacial score (nSPS) is 36.6. The van der Waals surface area contributed by atoms with Gasteiger partial charge in [-0.25, -0.2) is 0 Å². The fourth-order valence-corrected chi connectivity index (χ4v) is 2.54. The summed E-state index contributed by atoms with van der Waals surface area (Å²) in [5.74, 6) is 0.955. The van der Waals surface area contributed by atoms with E-state index in [2.05, 4.69) is 16.1 Å². The van der Waals surface area contributed by atoms with Gasteiger partial charge < -0.3 is 9.74 Å². The van der Waals surface area contributed by atoms with Gasteiger partial charge in [-0.2, -0.15) is 5.26 Å². The van der Waals surface area contributed by atoms with Crippen molar-refractivity contribution >= 4 is 5.71 Å². The molecule has 3 aliphatic heterocycles. The Kier molecular flexibility index (Phi) is 2.69. The summed E-state index contributed by atoms with van der Waals surface area (Å²) in [4.78, 5) is 7.11. The smallest absolute Gasteiger partial charge is 0.161 e. The topological polar surface area (TPSA) is 48.6 Å². The molecular formula is C10H15N3O. The Morgan fingerprint density at radius 3 is 2.64 bits per heavy atom. The van der Waals surface area contributed by atoms with Crippen molar-refractivity contribution in [2.24, 2.45) is 17.0 Å². The van der Waals surface area contributed by atoms with Crippen LogP contribution in [0.15, 0.2) is 5.16 Å². The highest BCUT2D eigenvalue weighted by Crippen LogP contribution is 2.33. The lowest BCUT2D eigenvalue weighted by Crippen LogP contribution is -2.49. The summed E-state index contributed by atoms with van der Waals surface area (Å²) in [6, 6.07) is 2.16. The second kappa shape index (κ2) is 3.97. The molecule has 0 N–H and O–H groups in total. The van der Waals surface area contributed by atoms with E-state index in [4.69, 9.17) is 10.1 Å². The molecule has 0 spiro atoms. The van der Waals surface area contributed by atoms with Gasteiger partial charge in [0.05, 0.1) is 0 Å². The van der Waals surface area contributed by atoms with Crippen molar-refractivity contribution in [3.63, 3.8) is 0 Å². The van der Waals surface area contributed by atoms with Crippen molar-refractivity contribution < 1.29 is 4.84 Å². The number of rotatable bonds is 2. The summed E-state index contributed by atoms with van der Waals surface area (Å²) >= 11 is 0. The summed E-state index contributed by atoms with van der Waals surface area (Å²) in [6.45, 7) is 3.36. The Bertz CT molecular complexity index is 274. The molecule has 3 saturated heterocycles. The molecule has 4 nitrogen and oxygen atoms in total. The number of piperidine rings is 3. The zero-order chi connectivity index (χ0) is 9.97. The minimum Gasteiger partial charge on any atom is -0.398 e. The fourth-order valence-electron chi connectivity index (χ4n) is 2.54. The van der Waals surface area contributed by atoms with Crippen LogP contribution in [0.2, 0.25) is 0 Å². The summed E-state index contributed by atoms with van der Waals surface area (Å²) < 4.78 is 0. The molecule has 0 aromatic heterocycles. The van der Waals surface area contributed by atoms with Gasteiger partial charge in [-0.15, -0.1) is 0 Å². The van der Waals surface area contributed by atoms with Crippen molar-refractivity contribution in [1.29, 1.82) is 5.26 Å². The van der Waals surface area contributed by atoms with Crippen LogP contribution in [-0.2, 0) is 4.84 Å². The molecule has 0 aromatic rings. The van der Waals surface area contributed by atoms with Gasteiger partial charge in [-0.3, -0.25) is 0 Å². The van der Waals surface area contributed by atoms with Crippen LogP contribution >= 0.6 is 0 Å². The number of hydrogen-bond acceptors (Lipinski definition) is 4. The highest BCUT2D eigenvalue weighted by atomic mass is 16.6. The molecule has 3 aliphatic rings. The van der Waals surface area contributed by atoms with Crippen LogP contribution in [0.5, 0.6) is 0 Å². The second-order valence-corrected chi connectivity index (χ2v) is 4.02. The third kappa shape index (κ3) is 1.60. The first-order valence-electron chi connectivity index (χ1n) is 5.08. The van der Waals surface area contributed by atoms with Gasteiger partial charge in [0.15, 0.2) is 5.71 Å². The maximum Gasteiger partial charge on any atom is 0.161 e. The minimum absolute atomic E-state index is 0.308. The Hall–Kier alpha value is -1.08. The highest BCUT2D eigenvalue weighted by Gasteiger charge is 2.37. The molecule has 2 bridgehead atoms. The molecule has 0 aromatic carbocycles. The molecule has 0 saturated carbocycles. The zero-order valence-electron chi connectivity index (χ0n) is 8.44. The summed E-state index contributed by atoms with van der Waals surface area (Å²) in [5, 5.41) is 12.8. The average molecular weight is 193 g/mol. The lowest BCUT2D eigenvalue weighted by atomic mass is 9.77. The van der Waals surface area contributed by atoms with E-state index < -0.39 is 0 Å². The predicted octanol–water partition coefficient (Wildman–Crippen LogP) is 0.854. The van der Waals surface area contributed by atoms with Crippen LogP contribution in [0.25, 0.3) is 0 Å². The second-order valence-electron chi connectivity index (χ2n) is 4.02. The van der Waals surface area contributed by atoms with Crippen molar-refractivity contribution in [2.75, 3.05) is 26.7 Å². The molecule has 0 radical (unpaired) electrons. The number of hydrogen-bond donors (Lipinski definition) is 0. The Labute approximate surface area is 84.1 Å². The molecule has 1 unspecified atom stereocenters. The Balaban J connectivity index is 2.11. The van der Waals surface area contributed by atoms with Gasteiger partial charge in [-0.1, -0.05) is 5.16 Å². The SMILES string of the molecule is CO/N=C(\C#N)C1CN2CCC1CC2. The maximum atomic E-state index is 8.96. The first kappa shape index (κ1) is 9.47. The van der Waals surface area contributed by atoms with Crippen molar-refractivity contribution in [3.8, 4) is 6.07 Å². The monoisotopic (exact) mass is 193 g/mol. The van der Waals surface area contributed by atoms with Gasteiger partial charge in [0.2, 0.25) is 0 Å². The van der Waals surface area contributed by atoms with Gasteiger partial charge in [0.1, 0.15) is 13.2 Å². The van der Waals surface area contributed by atoms with Gasteiger partial charge in [0.25, 0.3) is 0 Å². The molecule has 0 amide bonds. The van der Waals surface area contributed by atoms with Crippen molar-refractivity contribution in [1.82, 2.24) is 4.90 Å². The average Bonchev–Trinajstić information content (AvgIpc) is 2.27. The van der Waals surface area contributed by atoms with Crippen LogP contribution in [-0.4, -0.2) is 37.4 Å². The third-order valence-electron chi connectivity index (χ3n) is 3.31. The number of nitrogens with zero attached hydrogens (tertiary/aromatic N) is 3. The van der Waals surface area contributed by atoms with Crippen LogP contribution in [0.3, 0.4) is 0 Å². The van der Waals surface area contributed by atoms with Crippen molar-refractivity contribution in [3.05, 3.63) is 0 Å². The van der Waals surface area contributed by atoms with E-state index in [9.17, 15) is 0 Å². The highest BCUT2D eigenvalue weighted by molar-refractivity contribution is 6.00. The van der Waals surface area contributed by atoms with Crippen LogP contribution in [0.1, 0.15) is 12.8 Å². The van der Waals surface area contributed by atoms with E-state index in [0.717, 1.165) is 6.54 Å². The molecular weight excluding hydrogens is 178 g/mol. The summed E-state index contributed by atoms with van der Waals surface area (Å²) in [7, 11) is 1.50. The number of fused-ring (bicyclic) bond motifs is 3. The fraction of sp³-hybridized carbons (Fsp3) is 0.800. The molecule has 76 valence electrons. The molecule has 3 fully saturated rings. The quantitative estimate of drug-likeness (QED) is 0.482. The summed E-state index contributed by atoms with van der Waals surface area (Å²) in [5.41, 5.74) is 0.571. The van der Waals surface area contributed by atoms with E-state index >= 15 is 0 Å². The standard InChI is InChI=1S/C10H15N3O/c1-14-12-10(6-11)9-7-13-4-2-8(9)3-5-13/h8-9H,2-5,7H2,1H3/b12-10+. The lowest BCUT2D eigenvalue weighted by molar-refractivity contribution is 0.0800. The van der Waals surface area contributed by atoms with Crippen LogP contribution < -0.4 is 0 Å². The van der Waals surface area contributed by atoms with Crippen LogP contribution in [0.4, 0.5) is 0 Å². The Morgan fingerprint density at radius 1 is 1.50 bits per heavy atom. The Morgan fingerprint density at radius 2 is 2.21 bits per heavy atom. The first-order valence-corrected chi connectivity index (χ1v) is 5.08. The van der Waals surface area contributed by atoms with Gasteiger partial charge in [-0.05, 0) is 31.8 Å². The molecule has 3 heterocycles. The van der Waals surface area contributed by atoms with Crippen molar-refractivity contribution in [2.45, 2.75) is 12.8 Å². The molecule has 0 aliphatic carbocycles.